The number of carbonyl (C=O) groups excluding carboxylic acids is 1. The normalized spacial score (nSPS) is 11.3. The topological polar surface area (TPSA) is 88.1 Å². The number of nitrogens with zero attached hydrogens (tertiary/aromatic N) is 3. The number of Topliss-reactive ketones (excluding diaryl/α,β-unsaturated/α-hetero) is 1. The molecule has 0 N–H and O–H groups in total. The molecular weight excluding hydrogens is 552 g/mol. The Kier molecular flexibility index (Phi) is 6.88. The van der Waals surface area contributed by atoms with Gasteiger partial charge in [0, 0.05) is 18.6 Å². The second kappa shape index (κ2) is 10.7. The zero-order valence-corrected chi connectivity index (χ0v) is 23.1. The van der Waals surface area contributed by atoms with Gasteiger partial charge < -0.3 is 18.6 Å². The largest absolute Gasteiger partial charge is 0.496 e. The number of aryl methyl sites for hydroxylation is 1. The monoisotopic (exact) mass is 575 g/mol. The van der Waals surface area contributed by atoms with Gasteiger partial charge >= 0.3 is 0 Å². The van der Waals surface area contributed by atoms with E-state index in [1.807, 2.05) is 12.1 Å². The molecule has 0 bridgehead atoms. The van der Waals surface area contributed by atoms with E-state index in [1.54, 1.807) is 62.2 Å². The molecule has 0 fully saturated rings. The Balaban J connectivity index is 1.23. The maximum atomic E-state index is 14.3. The van der Waals surface area contributed by atoms with Crippen molar-refractivity contribution in [2.45, 2.75) is 20.0 Å². The molecule has 3 aromatic heterocycles. The average Bonchev–Trinajstić information content (AvgIpc) is 3.64. The Bertz CT molecular complexity index is 1870. The molecule has 3 aromatic carbocycles. The molecule has 0 aliphatic heterocycles. The summed E-state index contributed by atoms with van der Waals surface area (Å²) in [6, 6.07) is 14.8. The average molecular weight is 576 g/mol. The van der Waals surface area contributed by atoms with E-state index in [0.717, 1.165) is 23.1 Å². The van der Waals surface area contributed by atoms with Crippen molar-refractivity contribution in [1.29, 1.82) is 0 Å². The second-order valence-electron chi connectivity index (χ2n) is 9.39. The summed E-state index contributed by atoms with van der Waals surface area (Å²) in [5.74, 6) is -0.746. The number of hydrogen-bond acceptors (Lipinski definition) is 8. The molecule has 0 saturated heterocycles. The first kappa shape index (κ1) is 26.5. The Morgan fingerprint density at radius 1 is 1.02 bits per heavy atom. The molecule has 6 aromatic rings. The fourth-order valence-electron chi connectivity index (χ4n) is 4.56. The number of ketones is 1. The number of aromatic nitrogens is 3. The van der Waals surface area contributed by atoms with Crippen LogP contribution in [0.25, 0.3) is 27.4 Å². The molecule has 0 aliphatic carbocycles. The van der Waals surface area contributed by atoms with Crippen molar-refractivity contribution >= 4 is 33.1 Å². The minimum Gasteiger partial charge on any atom is -0.496 e. The number of furan rings is 1. The van der Waals surface area contributed by atoms with Crippen LogP contribution in [0.2, 0.25) is 0 Å². The first-order valence-electron chi connectivity index (χ1n) is 12.5. The summed E-state index contributed by atoms with van der Waals surface area (Å²) in [5.41, 5.74) is 2.42. The lowest BCUT2D eigenvalue weighted by atomic mass is 9.99. The van der Waals surface area contributed by atoms with Crippen LogP contribution in [0.15, 0.2) is 65.2 Å². The number of imidazole rings is 1. The zero-order valence-electron chi connectivity index (χ0n) is 22.2. The fraction of sp³-hybridized carbons (Fsp3) is 0.167. The number of hydrogen-bond donors (Lipinski definition) is 0. The predicted octanol–water partition coefficient (Wildman–Crippen LogP) is 6.81. The van der Waals surface area contributed by atoms with E-state index in [9.17, 15) is 13.6 Å². The molecule has 0 amide bonds. The van der Waals surface area contributed by atoms with Gasteiger partial charge in [-0.05, 0) is 53.1 Å². The van der Waals surface area contributed by atoms with E-state index in [2.05, 4.69) is 10.1 Å². The third kappa shape index (κ3) is 5.23. The fourth-order valence-corrected chi connectivity index (χ4v) is 5.26. The molecule has 208 valence electrons. The van der Waals surface area contributed by atoms with Crippen LogP contribution in [-0.4, -0.2) is 34.6 Å². The summed E-state index contributed by atoms with van der Waals surface area (Å²) in [4.78, 5) is 18.0. The molecule has 0 radical (unpaired) electrons. The lowest BCUT2D eigenvalue weighted by Gasteiger charge is -2.11. The lowest BCUT2D eigenvalue weighted by Crippen LogP contribution is -2.10. The third-order valence-corrected chi connectivity index (χ3v) is 7.36. The van der Waals surface area contributed by atoms with Crippen molar-refractivity contribution in [1.82, 2.24) is 14.6 Å². The number of methoxy groups -OCH3 is 2. The smallest absolute Gasteiger partial charge is 0.294 e. The molecule has 6 rings (SSSR count). The predicted molar refractivity (Wildman–Crippen MR) is 149 cm³/mol. The van der Waals surface area contributed by atoms with E-state index in [1.165, 1.54) is 11.3 Å². The maximum absolute atomic E-state index is 14.3. The van der Waals surface area contributed by atoms with E-state index < -0.39 is 23.0 Å². The van der Waals surface area contributed by atoms with Crippen LogP contribution in [0, 0.1) is 18.6 Å². The van der Waals surface area contributed by atoms with Crippen molar-refractivity contribution in [3.8, 4) is 28.1 Å². The van der Waals surface area contributed by atoms with E-state index >= 15 is 0 Å². The highest BCUT2D eigenvalue weighted by Gasteiger charge is 2.19. The molecule has 0 saturated carbocycles. The van der Waals surface area contributed by atoms with Gasteiger partial charge in [-0.25, -0.2) is 18.3 Å². The van der Waals surface area contributed by atoms with Gasteiger partial charge in [0.05, 0.1) is 31.4 Å². The molecule has 41 heavy (non-hydrogen) atoms. The van der Waals surface area contributed by atoms with Crippen LogP contribution < -0.4 is 14.2 Å². The number of halogens is 2. The highest BCUT2D eigenvalue weighted by molar-refractivity contribution is 7.18. The highest BCUT2D eigenvalue weighted by atomic mass is 32.1. The first-order chi connectivity index (χ1) is 19.8. The van der Waals surface area contributed by atoms with Crippen LogP contribution >= 0.6 is 11.3 Å². The van der Waals surface area contributed by atoms with Crippen molar-refractivity contribution < 1.29 is 32.2 Å². The Morgan fingerprint density at radius 2 is 1.80 bits per heavy atom. The van der Waals surface area contributed by atoms with Crippen LogP contribution in [0.3, 0.4) is 0 Å². The second-order valence-corrected chi connectivity index (χ2v) is 10.3. The minimum atomic E-state index is -0.861. The van der Waals surface area contributed by atoms with E-state index in [4.69, 9.17) is 18.6 Å². The number of rotatable bonds is 9. The Morgan fingerprint density at radius 3 is 2.54 bits per heavy atom. The summed E-state index contributed by atoms with van der Waals surface area (Å²) in [6.45, 7) is 1.74. The Labute approximate surface area is 236 Å². The quantitative estimate of drug-likeness (QED) is 0.175. The van der Waals surface area contributed by atoms with E-state index in [-0.39, 0.29) is 13.0 Å². The maximum Gasteiger partial charge on any atom is 0.294 e. The van der Waals surface area contributed by atoms with Gasteiger partial charge in [-0.15, -0.1) is 5.10 Å². The molecule has 0 spiro atoms. The van der Waals surface area contributed by atoms with Gasteiger partial charge in [0.25, 0.3) is 5.19 Å². The summed E-state index contributed by atoms with van der Waals surface area (Å²) in [7, 11) is 3.11. The molecule has 3 heterocycles. The lowest BCUT2D eigenvalue weighted by molar-refractivity contribution is 0.0985. The summed E-state index contributed by atoms with van der Waals surface area (Å²) < 4.78 is 53.1. The summed E-state index contributed by atoms with van der Waals surface area (Å²) in [5, 5.41) is 5.53. The Hall–Kier alpha value is -4.77. The van der Waals surface area contributed by atoms with Gasteiger partial charge in [-0.3, -0.25) is 4.79 Å². The van der Waals surface area contributed by atoms with Gasteiger partial charge in [-0.1, -0.05) is 24.3 Å². The number of benzene rings is 3. The highest BCUT2D eigenvalue weighted by Crippen LogP contribution is 2.37. The summed E-state index contributed by atoms with van der Waals surface area (Å²) >= 11 is 1.31. The summed E-state index contributed by atoms with van der Waals surface area (Å²) in [6.07, 6.45) is 1.60. The number of carbonyl (C=O) groups is 1. The molecule has 0 atom stereocenters. The van der Waals surface area contributed by atoms with Crippen molar-refractivity contribution in [2.75, 3.05) is 14.2 Å². The third-order valence-electron chi connectivity index (χ3n) is 6.48. The standard InChI is InChI=1S/C30H23F2N3O5S/c1-16-7-21(31)28(22(32)8-16)24(36)10-17-5-4-6-18(9-17)15-39-25-11-19(37-2)12-26-20(25)13-27(40-26)23-14-35-29(33-23)41-30(34-35)38-3/h4-9,11-14H,10,15H2,1-3H3. The van der Waals surface area contributed by atoms with Gasteiger partial charge in [-0.2, -0.15) is 0 Å². The van der Waals surface area contributed by atoms with Gasteiger partial charge in [0.1, 0.15) is 41.0 Å². The molecule has 0 unspecified atom stereocenters. The van der Waals surface area contributed by atoms with Gasteiger partial charge in [0.2, 0.25) is 4.96 Å². The molecule has 0 aliphatic rings. The van der Waals surface area contributed by atoms with Gasteiger partial charge in [0.15, 0.2) is 11.5 Å². The molecule has 8 nitrogen and oxygen atoms in total. The molecular formula is C30H23F2N3O5S. The van der Waals surface area contributed by atoms with Crippen molar-refractivity contribution in [3.05, 3.63) is 94.7 Å². The molecule has 11 heteroatoms. The SMILES string of the molecule is COc1cc(OCc2cccc(CC(=O)c3c(F)cc(C)cc3F)c2)c2cc(-c3cn4nc(OC)sc4n3)oc2c1. The van der Waals surface area contributed by atoms with Crippen LogP contribution in [0.5, 0.6) is 16.7 Å². The van der Waals surface area contributed by atoms with Crippen LogP contribution in [0.1, 0.15) is 27.0 Å². The number of ether oxygens (including phenoxy) is 3. The van der Waals surface area contributed by atoms with Crippen LogP contribution in [0.4, 0.5) is 8.78 Å². The first-order valence-corrected chi connectivity index (χ1v) is 13.3. The minimum absolute atomic E-state index is 0.151. The van der Waals surface area contributed by atoms with Crippen molar-refractivity contribution in [2.24, 2.45) is 0 Å². The van der Waals surface area contributed by atoms with E-state index in [0.29, 0.717) is 49.8 Å². The number of fused-ring (bicyclic) bond motifs is 2. The van der Waals surface area contributed by atoms with Crippen molar-refractivity contribution in [3.63, 3.8) is 0 Å². The van der Waals surface area contributed by atoms with Crippen LogP contribution in [-0.2, 0) is 13.0 Å². The zero-order chi connectivity index (χ0) is 28.7.